The highest BCUT2D eigenvalue weighted by molar-refractivity contribution is 7.59. The average molecular weight is 544 g/mol. The Bertz CT molecular complexity index is 1100. The van der Waals surface area contributed by atoms with E-state index in [1.54, 1.807) is 6.07 Å². The topological polar surface area (TPSA) is 93.2 Å². The summed E-state index contributed by atoms with van der Waals surface area (Å²) in [7, 11) is -0.864. The number of anilines is 1. The van der Waals surface area contributed by atoms with Crippen LogP contribution >= 0.6 is 8.15 Å². The first kappa shape index (κ1) is 31.4. The molecule has 2 aromatic rings. The zero-order chi connectivity index (χ0) is 28.1. The molecule has 0 fully saturated rings. The third kappa shape index (κ3) is 10.5. The summed E-state index contributed by atoms with van der Waals surface area (Å²) in [5.74, 6) is 7.25. The summed E-state index contributed by atoms with van der Waals surface area (Å²) < 4.78 is 17.1. The monoisotopic (exact) mass is 543 g/mol. The van der Waals surface area contributed by atoms with Gasteiger partial charge in [0.2, 0.25) is 0 Å². The summed E-state index contributed by atoms with van der Waals surface area (Å²) in [6.45, 7) is 16.7. The molecule has 1 unspecified atom stereocenters. The highest BCUT2D eigenvalue weighted by Crippen LogP contribution is 2.31. The fourth-order valence-corrected chi connectivity index (χ4v) is 4.69. The third-order valence-corrected chi connectivity index (χ3v) is 6.85. The van der Waals surface area contributed by atoms with Crippen LogP contribution in [0.2, 0.25) is 0 Å². The first-order valence-corrected chi connectivity index (χ1v) is 14.8. The Morgan fingerprint density at radius 3 is 2.45 bits per heavy atom. The lowest BCUT2D eigenvalue weighted by molar-refractivity contribution is 0.0525. The Balaban J connectivity index is 2.16. The minimum atomic E-state index is -0.864. The van der Waals surface area contributed by atoms with E-state index in [4.69, 9.17) is 14.0 Å². The maximum Gasteiger partial charge on any atom is 0.407 e. The smallest absolute Gasteiger partial charge is 0.407 e. The summed E-state index contributed by atoms with van der Waals surface area (Å²) in [6.07, 6.45) is 0.225. The van der Waals surface area contributed by atoms with E-state index in [9.17, 15) is 9.90 Å². The number of nitrogens with zero attached hydrogens (tertiary/aromatic N) is 2. The number of rotatable bonds is 12. The van der Waals surface area contributed by atoms with Crippen molar-refractivity contribution < 1.29 is 23.9 Å². The van der Waals surface area contributed by atoms with Crippen LogP contribution in [0.3, 0.4) is 0 Å². The Labute approximate surface area is 228 Å². The van der Waals surface area contributed by atoms with Gasteiger partial charge in [0.15, 0.2) is 0 Å². The van der Waals surface area contributed by atoms with Crippen molar-refractivity contribution in [1.82, 2.24) is 10.3 Å². The molecule has 0 aliphatic rings. The molecule has 2 N–H and O–H groups in total. The van der Waals surface area contributed by atoms with Gasteiger partial charge in [0.05, 0.1) is 38.2 Å². The number of nitrogens with one attached hydrogen (secondary N) is 1. The van der Waals surface area contributed by atoms with Crippen LogP contribution in [-0.2, 0) is 15.9 Å². The summed E-state index contributed by atoms with van der Waals surface area (Å²) >= 11 is 0. The van der Waals surface area contributed by atoms with Crippen molar-refractivity contribution in [2.24, 2.45) is 0 Å². The molecule has 1 heterocycles. The molecular formula is C29H42N3O5P. The van der Waals surface area contributed by atoms with E-state index >= 15 is 0 Å². The minimum absolute atomic E-state index is 0.150. The van der Waals surface area contributed by atoms with Crippen LogP contribution in [0.4, 0.5) is 10.5 Å². The van der Waals surface area contributed by atoms with Crippen LogP contribution in [0.5, 0.6) is 5.75 Å². The largest absolute Gasteiger partial charge is 0.491 e. The molecule has 0 aliphatic heterocycles. The van der Waals surface area contributed by atoms with Gasteiger partial charge >= 0.3 is 6.09 Å². The lowest BCUT2D eigenvalue weighted by atomic mass is 10.1. The molecule has 0 radical (unpaired) electrons. The Morgan fingerprint density at radius 1 is 1.11 bits per heavy atom. The second kappa shape index (κ2) is 15.5. The number of hydrogen-bond donors (Lipinski definition) is 2. The Hall–Kier alpha value is -2.85. The number of carbonyl (C=O) groups is 1. The fourth-order valence-electron chi connectivity index (χ4n) is 3.58. The van der Waals surface area contributed by atoms with Crippen LogP contribution in [0.1, 0.15) is 64.8 Å². The van der Waals surface area contributed by atoms with Crippen LogP contribution in [-0.4, -0.2) is 61.3 Å². The van der Waals surface area contributed by atoms with Crippen molar-refractivity contribution in [2.75, 3.05) is 44.4 Å². The number of amides is 1. The lowest BCUT2D eigenvalue weighted by Crippen LogP contribution is -2.33. The number of hydrogen-bond acceptors (Lipinski definition) is 7. The molecule has 1 amide bonds. The zero-order valence-corrected chi connectivity index (χ0v) is 24.7. The molecule has 1 atom stereocenters. The normalized spacial score (nSPS) is 11.8. The number of pyridine rings is 1. The van der Waals surface area contributed by atoms with E-state index in [1.165, 1.54) is 0 Å². The fraction of sp³-hybridized carbons (Fsp3) is 0.517. The van der Waals surface area contributed by atoms with Gasteiger partial charge in [-0.15, -0.1) is 0 Å². The third-order valence-electron chi connectivity index (χ3n) is 5.33. The number of carbonyl (C=O) groups excluding carboxylic acids is 1. The van der Waals surface area contributed by atoms with Crippen molar-refractivity contribution in [3.8, 4) is 17.6 Å². The van der Waals surface area contributed by atoms with Crippen molar-refractivity contribution in [1.29, 1.82) is 0 Å². The van der Waals surface area contributed by atoms with Gasteiger partial charge in [-0.05, 0) is 85.0 Å². The molecule has 0 bridgehead atoms. The van der Waals surface area contributed by atoms with Crippen molar-refractivity contribution in [2.45, 2.75) is 60.2 Å². The zero-order valence-electron chi connectivity index (χ0n) is 23.8. The molecule has 1 aromatic heterocycles. The van der Waals surface area contributed by atoms with Crippen LogP contribution in [0.15, 0.2) is 30.3 Å². The first-order valence-electron chi connectivity index (χ1n) is 13.1. The highest BCUT2D eigenvalue weighted by atomic mass is 31.1. The second-order valence-corrected chi connectivity index (χ2v) is 11.2. The molecule has 2 rings (SSSR count). The van der Waals surface area contributed by atoms with Gasteiger partial charge in [-0.25, -0.2) is 9.78 Å². The van der Waals surface area contributed by atoms with Gasteiger partial charge in [-0.1, -0.05) is 11.8 Å². The molecule has 208 valence electrons. The van der Waals surface area contributed by atoms with Crippen LogP contribution in [0, 0.1) is 11.8 Å². The number of aliphatic hydroxyl groups is 1. The predicted molar refractivity (Wildman–Crippen MR) is 155 cm³/mol. The van der Waals surface area contributed by atoms with E-state index in [1.807, 2.05) is 58.6 Å². The molecule has 38 heavy (non-hydrogen) atoms. The van der Waals surface area contributed by atoms with Gasteiger partial charge < -0.3 is 29.3 Å². The van der Waals surface area contributed by atoms with Crippen molar-refractivity contribution in [3.63, 3.8) is 0 Å². The van der Waals surface area contributed by atoms with E-state index in [0.717, 1.165) is 41.1 Å². The number of aromatic nitrogens is 1. The number of benzene rings is 1. The molecular weight excluding hydrogens is 501 g/mol. The van der Waals surface area contributed by atoms with E-state index in [0.29, 0.717) is 31.9 Å². The van der Waals surface area contributed by atoms with E-state index in [-0.39, 0.29) is 6.61 Å². The van der Waals surface area contributed by atoms with Gasteiger partial charge in [0.1, 0.15) is 11.4 Å². The van der Waals surface area contributed by atoms with Gasteiger partial charge in [0.25, 0.3) is 0 Å². The lowest BCUT2D eigenvalue weighted by Gasteiger charge is -2.24. The second-order valence-electron chi connectivity index (χ2n) is 9.51. The molecule has 0 saturated heterocycles. The highest BCUT2D eigenvalue weighted by Gasteiger charge is 2.16. The molecule has 8 nitrogen and oxygen atoms in total. The Morgan fingerprint density at radius 2 is 1.82 bits per heavy atom. The summed E-state index contributed by atoms with van der Waals surface area (Å²) in [5.41, 5.74) is 3.49. The van der Waals surface area contributed by atoms with E-state index in [2.05, 4.69) is 40.9 Å². The number of ether oxygens (including phenoxy) is 2. The summed E-state index contributed by atoms with van der Waals surface area (Å²) in [5, 5.41) is 12.4. The van der Waals surface area contributed by atoms with Crippen molar-refractivity contribution in [3.05, 3.63) is 47.2 Å². The minimum Gasteiger partial charge on any atom is -0.491 e. The molecule has 1 aromatic carbocycles. The molecule has 9 heteroatoms. The quantitative estimate of drug-likeness (QED) is 0.226. The molecule has 0 aliphatic carbocycles. The van der Waals surface area contributed by atoms with Crippen molar-refractivity contribution >= 4 is 25.4 Å². The van der Waals surface area contributed by atoms with Crippen LogP contribution in [0.25, 0.3) is 0 Å². The maximum absolute atomic E-state index is 11.8. The van der Waals surface area contributed by atoms with Gasteiger partial charge in [-0.3, -0.25) is 0 Å². The summed E-state index contributed by atoms with van der Waals surface area (Å²) in [6, 6.07) is 9.66. The van der Waals surface area contributed by atoms with Gasteiger partial charge in [0, 0.05) is 37.4 Å². The number of aliphatic hydroxyl groups excluding tert-OH is 1. The first-order chi connectivity index (χ1) is 18.1. The molecule has 0 spiro atoms. The summed E-state index contributed by atoms with van der Waals surface area (Å²) in [4.78, 5) is 18.5. The van der Waals surface area contributed by atoms with Crippen LogP contribution < -0.4 is 20.4 Å². The van der Waals surface area contributed by atoms with Gasteiger partial charge in [-0.2, -0.15) is 0 Å². The maximum atomic E-state index is 11.8. The molecule has 0 saturated carbocycles. The SMILES string of the molecule is CCOP(C)c1cc(C#Cc2ccc(OCCCNC(=O)OC(C)(C)C)c(N(CC)CC)c2)cc(CO)n1. The standard InChI is InChI=1S/C29H42N3O5P/c1-8-32(9-2)25-19-22(12-13-23-18-24(21-33)31-27(20-23)38(7)36-10-3)14-15-26(25)35-17-11-16-30-28(34)37-29(4,5)6/h14-15,18-20,33H,8-11,16-17,21H2,1-7H3,(H,30,34). The number of alkyl carbamates (subject to hydrolysis) is 1. The Kier molecular flexibility index (Phi) is 12.8. The van der Waals surface area contributed by atoms with E-state index < -0.39 is 19.8 Å². The predicted octanol–water partition coefficient (Wildman–Crippen LogP) is 4.80. The average Bonchev–Trinajstić information content (AvgIpc) is 2.87.